The van der Waals surface area contributed by atoms with Gasteiger partial charge in [0.2, 0.25) is 0 Å². The molecule has 1 aliphatic rings. The molecule has 1 aromatic heterocycles. The third kappa shape index (κ3) is 4.59. The van der Waals surface area contributed by atoms with Gasteiger partial charge in [-0.05, 0) is 46.2 Å². The zero-order valence-corrected chi connectivity index (χ0v) is 18.9. The summed E-state index contributed by atoms with van der Waals surface area (Å²) in [6, 6.07) is 24.0. The smallest absolute Gasteiger partial charge is 0.253 e. The quantitative estimate of drug-likeness (QED) is 0.299. The maximum Gasteiger partial charge on any atom is 0.253 e. The van der Waals surface area contributed by atoms with Crippen molar-refractivity contribution in [2.24, 2.45) is 5.10 Å². The van der Waals surface area contributed by atoms with Crippen LogP contribution in [0.4, 0.5) is 0 Å². The van der Waals surface area contributed by atoms with E-state index >= 15 is 0 Å². The normalized spacial score (nSPS) is 15.5. The molecule has 6 nitrogen and oxygen atoms in total. The molecule has 164 valence electrons. The largest absolute Gasteiger partial charge is 0.497 e. The number of amides is 1. The predicted molar refractivity (Wildman–Crippen MR) is 130 cm³/mol. The number of nitrogens with zero attached hydrogens (tertiary/aromatic N) is 4. The summed E-state index contributed by atoms with van der Waals surface area (Å²) in [7, 11) is 1.64. The van der Waals surface area contributed by atoms with Crippen LogP contribution in [0.3, 0.4) is 0 Å². The molecule has 4 aromatic rings. The highest BCUT2D eigenvalue weighted by molar-refractivity contribution is 7.99. The molecular formula is C26H22N4O2S. The highest BCUT2D eigenvalue weighted by atomic mass is 32.2. The number of carbonyl (C=O) groups excluding carboxylic acids is 1. The van der Waals surface area contributed by atoms with Gasteiger partial charge in [0.1, 0.15) is 5.75 Å². The van der Waals surface area contributed by atoms with Crippen LogP contribution < -0.4 is 4.74 Å². The summed E-state index contributed by atoms with van der Waals surface area (Å²) in [6.07, 6.45) is 3.99. The number of methoxy groups -OCH3 is 1. The van der Waals surface area contributed by atoms with E-state index in [-0.39, 0.29) is 17.7 Å². The van der Waals surface area contributed by atoms with Crippen molar-refractivity contribution >= 4 is 34.2 Å². The summed E-state index contributed by atoms with van der Waals surface area (Å²) >= 11 is 1.31. The minimum atomic E-state index is -0.179. The summed E-state index contributed by atoms with van der Waals surface area (Å²) in [5.74, 6) is 0.914. The Kier molecular flexibility index (Phi) is 6.04. The number of benzene rings is 3. The monoisotopic (exact) mass is 454 g/mol. The van der Waals surface area contributed by atoms with Crippen LogP contribution in [0.2, 0.25) is 0 Å². The summed E-state index contributed by atoms with van der Waals surface area (Å²) in [4.78, 5) is 21.6. The Morgan fingerprint density at radius 3 is 2.52 bits per heavy atom. The molecule has 5 rings (SSSR count). The van der Waals surface area contributed by atoms with Gasteiger partial charge in [-0.3, -0.25) is 4.79 Å². The lowest BCUT2D eigenvalue weighted by Crippen LogP contribution is -2.28. The van der Waals surface area contributed by atoms with Crippen molar-refractivity contribution in [3.05, 3.63) is 96.3 Å². The molecule has 1 atom stereocenters. The van der Waals surface area contributed by atoms with E-state index in [4.69, 9.17) is 9.84 Å². The van der Waals surface area contributed by atoms with Crippen molar-refractivity contribution in [1.82, 2.24) is 15.0 Å². The summed E-state index contributed by atoms with van der Waals surface area (Å²) in [5, 5.41) is 9.31. The molecular weight excluding hydrogens is 432 g/mol. The number of fused-ring (bicyclic) bond motifs is 1. The molecule has 1 amide bonds. The number of thioether (sulfide) groups is 1. The van der Waals surface area contributed by atoms with E-state index in [0.717, 1.165) is 28.0 Å². The highest BCUT2D eigenvalue weighted by Crippen LogP contribution is 2.35. The summed E-state index contributed by atoms with van der Waals surface area (Å²) < 4.78 is 5.30. The Hall–Kier alpha value is -3.71. The van der Waals surface area contributed by atoms with Gasteiger partial charge in [-0.1, -0.05) is 60.3 Å². The van der Waals surface area contributed by atoms with Gasteiger partial charge in [-0.15, -0.1) is 0 Å². The first kappa shape index (κ1) is 21.2. The van der Waals surface area contributed by atoms with Crippen LogP contribution in [-0.4, -0.2) is 39.5 Å². The Balaban J connectivity index is 1.44. The number of hydrogen-bond acceptors (Lipinski definition) is 6. The number of rotatable bonds is 6. The van der Waals surface area contributed by atoms with Gasteiger partial charge >= 0.3 is 0 Å². The zero-order valence-electron chi connectivity index (χ0n) is 18.1. The van der Waals surface area contributed by atoms with Gasteiger partial charge in [-0.25, -0.2) is 15.0 Å². The molecule has 2 heterocycles. The molecule has 0 bridgehead atoms. The number of ether oxygens (including phenoxy) is 1. The minimum Gasteiger partial charge on any atom is -0.497 e. The van der Waals surface area contributed by atoms with Gasteiger partial charge in [0, 0.05) is 18.8 Å². The van der Waals surface area contributed by atoms with E-state index in [9.17, 15) is 4.79 Å². The van der Waals surface area contributed by atoms with Crippen LogP contribution in [-0.2, 0) is 4.79 Å². The van der Waals surface area contributed by atoms with E-state index in [2.05, 4.69) is 40.3 Å². The predicted octanol–water partition coefficient (Wildman–Crippen LogP) is 5.11. The van der Waals surface area contributed by atoms with E-state index in [1.54, 1.807) is 30.6 Å². The van der Waals surface area contributed by atoms with E-state index in [0.29, 0.717) is 11.6 Å². The molecule has 0 fully saturated rings. The lowest BCUT2D eigenvalue weighted by Gasteiger charge is -2.22. The molecule has 0 aliphatic carbocycles. The van der Waals surface area contributed by atoms with Gasteiger partial charge in [0.15, 0.2) is 5.16 Å². The molecule has 7 heteroatoms. The van der Waals surface area contributed by atoms with Crippen molar-refractivity contribution in [3.63, 3.8) is 0 Å². The second-order valence-electron chi connectivity index (χ2n) is 7.66. The lowest BCUT2D eigenvalue weighted by molar-refractivity contribution is -0.130. The van der Waals surface area contributed by atoms with Crippen LogP contribution in [0.1, 0.15) is 23.6 Å². The van der Waals surface area contributed by atoms with Crippen LogP contribution in [0.25, 0.3) is 10.8 Å². The number of hydrogen-bond donors (Lipinski definition) is 0. The standard InChI is InChI=1S/C26H22N4O2S/c1-32-22-11-9-19(10-12-22)24-16-23(21-8-7-18-5-2-3-6-20(18)15-21)29-30(24)25(31)17-33-26-27-13-4-14-28-26/h2-15,24H,16-17H2,1H3/t24-/m0/s1. The van der Waals surface area contributed by atoms with Crippen LogP contribution in [0.5, 0.6) is 5.75 Å². The fraction of sp³-hybridized carbons (Fsp3) is 0.154. The second-order valence-corrected chi connectivity index (χ2v) is 8.60. The highest BCUT2D eigenvalue weighted by Gasteiger charge is 2.33. The average Bonchev–Trinajstić information content (AvgIpc) is 3.33. The van der Waals surface area contributed by atoms with Crippen LogP contribution in [0.15, 0.2) is 95.4 Å². The maximum atomic E-state index is 13.2. The number of carbonyl (C=O) groups is 1. The molecule has 0 N–H and O–H groups in total. The van der Waals surface area contributed by atoms with E-state index in [1.165, 1.54) is 17.1 Å². The number of hydrazone groups is 1. The molecule has 0 radical (unpaired) electrons. The van der Waals surface area contributed by atoms with Gasteiger partial charge < -0.3 is 4.74 Å². The van der Waals surface area contributed by atoms with Crippen molar-refractivity contribution in [3.8, 4) is 5.75 Å². The minimum absolute atomic E-state index is 0.0796. The molecule has 0 unspecified atom stereocenters. The van der Waals surface area contributed by atoms with Crippen molar-refractivity contribution < 1.29 is 9.53 Å². The zero-order chi connectivity index (χ0) is 22.6. The maximum absolute atomic E-state index is 13.2. The molecule has 33 heavy (non-hydrogen) atoms. The fourth-order valence-corrected chi connectivity index (χ4v) is 4.58. The van der Waals surface area contributed by atoms with Crippen molar-refractivity contribution in [2.45, 2.75) is 17.6 Å². The fourth-order valence-electron chi connectivity index (χ4n) is 3.92. The second kappa shape index (κ2) is 9.42. The Labute approximate surface area is 196 Å². The van der Waals surface area contributed by atoms with Gasteiger partial charge in [0.05, 0.1) is 24.6 Å². The average molecular weight is 455 g/mol. The van der Waals surface area contributed by atoms with Gasteiger partial charge in [0.25, 0.3) is 5.91 Å². The third-order valence-electron chi connectivity index (χ3n) is 5.62. The van der Waals surface area contributed by atoms with Crippen molar-refractivity contribution in [2.75, 3.05) is 12.9 Å². The Morgan fingerprint density at radius 2 is 1.76 bits per heavy atom. The Morgan fingerprint density at radius 1 is 1.00 bits per heavy atom. The first-order valence-corrected chi connectivity index (χ1v) is 11.6. The van der Waals surface area contributed by atoms with Crippen molar-refractivity contribution in [1.29, 1.82) is 0 Å². The lowest BCUT2D eigenvalue weighted by atomic mass is 9.97. The van der Waals surface area contributed by atoms with E-state index in [1.807, 2.05) is 36.4 Å². The topological polar surface area (TPSA) is 67.7 Å². The Bertz CT molecular complexity index is 1310. The number of aromatic nitrogens is 2. The SMILES string of the molecule is COc1ccc([C@@H]2CC(c3ccc4ccccc4c3)=NN2C(=O)CSc2ncccn2)cc1. The molecule has 0 spiro atoms. The van der Waals surface area contributed by atoms with Crippen LogP contribution in [0, 0.1) is 0 Å². The summed E-state index contributed by atoms with van der Waals surface area (Å²) in [6.45, 7) is 0. The van der Waals surface area contributed by atoms with Gasteiger partial charge in [-0.2, -0.15) is 5.10 Å². The molecule has 1 aliphatic heterocycles. The molecule has 0 saturated heterocycles. The van der Waals surface area contributed by atoms with E-state index < -0.39 is 0 Å². The van der Waals surface area contributed by atoms with Crippen LogP contribution >= 0.6 is 11.8 Å². The molecule has 3 aromatic carbocycles. The summed E-state index contributed by atoms with van der Waals surface area (Å²) in [5.41, 5.74) is 2.95. The molecule has 0 saturated carbocycles. The first-order chi connectivity index (χ1) is 16.2. The first-order valence-electron chi connectivity index (χ1n) is 10.6. The third-order valence-corrected chi connectivity index (χ3v) is 6.48.